The van der Waals surface area contributed by atoms with Crippen molar-refractivity contribution in [3.63, 3.8) is 0 Å². The SMILES string of the molecule is O=c1[nH]nc(Br)cc1Br. The summed E-state index contributed by atoms with van der Waals surface area (Å²) in [6.07, 6.45) is 0. The molecule has 0 saturated carbocycles. The van der Waals surface area contributed by atoms with E-state index in [-0.39, 0.29) is 5.56 Å². The molecule has 1 N–H and O–H groups in total. The Morgan fingerprint density at radius 2 is 2.22 bits per heavy atom. The van der Waals surface area contributed by atoms with Crippen LogP contribution in [0.25, 0.3) is 0 Å². The predicted molar refractivity (Wildman–Crippen MR) is 40.3 cm³/mol. The van der Waals surface area contributed by atoms with Crippen LogP contribution >= 0.6 is 31.9 Å². The molecule has 1 rings (SSSR count). The molecule has 1 heterocycles. The summed E-state index contributed by atoms with van der Waals surface area (Å²) in [6, 6.07) is 1.58. The van der Waals surface area contributed by atoms with Gasteiger partial charge in [-0.05, 0) is 37.9 Å². The van der Waals surface area contributed by atoms with Crippen molar-refractivity contribution in [2.45, 2.75) is 0 Å². The maximum Gasteiger partial charge on any atom is 0.278 e. The topological polar surface area (TPSA) is 45.8 Å². The fourth-order valence-electron chi connectivity index (χ4n) is 0.360. The normalized spacial score (nSPS) is 9.56. The van der Waals surface area contributed by atoms with Gasteiger partial charge >= 0.3 is 0 Å². The molecule has 0 bridgehead atoms. The number of aromatic nitrogens is 2. The summed E-state index contributed by atoms with van der Waals surface area (Å²) in [5.74, 6) is 0. The molecule has 0 fully saturated rings. The molecule has 0 amide bonds. The standard InChI is InChI=1S/C4H2Br2N2O/c5-2-1-3(6)7-8-4(2)9/h1H,(H,8,9). The molecule has 48 valence electrons. The molecular formula is C4H2Br2N2O. The minimum atomic E-state index is -0.224. The largest absolute Gasteiger partial charge is 0.278 e. The zero-order valence-corrected chi connectivity index (χ0v) is 7.36. The lowest BCUT2D eigenvalue weighted by atomic mass is 10.6. The number of hydrogen-bond donors (Lipinski definition) is 1. The van der Waals surface area contributed by atoms with Gasteiger partial charge in [-0.3, -0.25) is 4.79 Å². The van der Waals surface area contributed by atoms with Gasteiger partial charge in [0.25, 0.3) is 5.56 Å². The quantitative estimate of drug-likeness (QED) is 0.758. The molecule has 0 spiro atoms. The van der Waals surface area contributed by atoms with Gasteiger partial charge in [-0.15, -0.1) is 0 Å². The van der Waals surface area contributed by atoms with Crippen molar-refractivity contribution in [2.75, 3.05) is 0 Å². The van der Waals surface area contributed by atoms with Crippen LogP contribution in [0.15, 0.2) is 19.9 Å². The highest BCUT2D eigenvalue weighted by molar-refractivity contribution is 9.11. The van der Waals surface area contributed by atoms with Gasteiger partial charge in [0.2, 0.25) is 0 Å². The van der Waals surface area contributed by atoms with Crippen LogP contribution in [0.3, 0.4) is 0 Å². The second-order valence-electron chi connectivity index (χ2n) is 1.37. The van der Waals surface area contributed by atoms with Crippen LogP contribution in [0, 0.1) is 0 Å². The molecular weight excluding hydrogens is 252 g/mol. The van der Waals surface area contributed by atoms with Crippen LogP contribution < -0.4 is 5.56 Å². The van der Waals surface area contributed by atoms with Crippen LogP contribution in [0.5, 0.6) is 0 Å². The Morgan fingerprint density at radius 3 is 2.67 bits per heavy atom. The zero-order valence-electron chi connectivity index (χ0n) is 4.19. The van der Waals surface area contributed by atoms with Gasteiger partial charge in [-0.25, -0.2) is 5.10 Å². The lowest BCUT2D eigenvalue weighted by Gasteiger charge is -1.86. The third kappa shape index (κ3) is 1.62. The monoisotopic (exact) mass is 252 g/mol. The third-order valence-electron chi connectivity index (χ3n) is 0.727. The molecule has 0 aliphatic carbocycles. The average Bonchev–Trinajstić information content (AvgIpc) is 1.80. The van der Waals surface area contributed by atoms with Crippen molar-refractivity contribution in [2.24, 2.45) is 0 Å². The van der Waals surface area contributed by atoms with Crippen LogP contribution in [-0.4, -0.2) is 10.2 Å². The first-order valence-electron chi connectivity index (χ1n) is 2.11. The second-order valence-corrected chi connectivity index (χ2v) is 3.03. The number of aromatic amines is 1. The summed E-state index contributed by atoms with van der Waals surface area (Å²) in [5.41, 5.74) is -0.224. The number of nitrogens with zero attached hydrogens (tertiary/aromatic N) is 1. The number of halogens is 2. The maximum atomic E-state index is 10.6. The molecule has 0 saturated heterocycles. The van der Waals surface area contributed by atoms with Gasteiger partial charge in [-0.2, -0.15) is 5.10 Å². The van der Waals surface area contributed by atoms with Crippen molar-refractivity contribution in [1.29, 1.82) is 0 Å². The summed E-state index contributed by atoms with van der Waals surface area (Å²) in [6.45, 7) is 0. The second kappa shape index (κ2) is 2.62. The lowest BCUT2D eigenvalue weighted by Crippen LogP contribution is -2.07. The predicted octanol–water partition coefficient (Wildman–Crippen LogP) is 1.29. The molecule has 9 heavy (non-hydrogen) atoms. The van der Waals surface area contributed by atoms with E-state index in [1.54, 1.807) is 6.07 Å². The van der Waals surface area contributed by atoms with E-state index in [1.165, 1.54) is 0 Å². The zero-order chi connectivity index (χ0) is 6.85. The summed E-state index contributed by atoms with van der Waals surface area (Å²) >= 11 is 6.12. The van der Waals surface area contributed by atoms with Gasteiger partial charge in [0.05, 0.1) is 4.47 Å². The maximum absolute atomic E-state index is 10.6. The molecule has 0 aromatic carbocycles. The fraction of sp³-hybridized carbons (Fsp3) is 0. The Hall–Kier alpha value is -0.160. The number of rotatable bonds is 0. The van der Waals surface area contributed by atoms with Crippen molar-refractivity contribution < 1.29 is 0 Å². The number of H-pyrrole nitrogens is 1. The van der Waals surface area contributed by atoms with Gasteiger partial charge < -0.3 is 0 Å². The van der Waals surface area contributed by atoms with Gasteiger partial charge in [0.1, 0.15) is 4.60 Å². The summed E-state index contributed by atoms with van der Waals surface area (Å²) < 4.78 is 1.08. The van der Waals surface area contributed by atoms with Gasteiger partial charge in [-0.1, -0.05) is 0 Å². The Kier molecular flexibility index (Phi) is 2.02. The molecule has 0 radical (unpaired) electrons. The molecule has 0 atom stereocenters. The van der Waals surface area contributed by atoms with Gasteiger partial charge in [0, 0.05) is 0 Å². The van der Waals surface area contributed by atoms with Crippen molar-refractivity contribution in [1.82, 2.24) is 10.2 Å². The van der Waals surface area contributed by atoms with Gasteiger partial charge in [0.15, 0.2) is 0 Å². The molecule has 5 heteroatoms. The van der Waals surface area contributed by atoms with E-state index < -0.39 is 0 Å². The average molecular weight is 254 g/mol. The minimum absolute atomic E-state index is 0.224. The highest BCUT2D eigenvalue weighted by atomic mass is 79.9. The molecule has 3 nitrogen and oxygen atoms in total. The third-order valence-corrected chi connectivity index (χ3v) is 1.72. The number of hydrogen-bond acceptors (Lipinski definition) is 2. The van der Waals surface area contributed by atoms with Crippen LogP contribution in [0.1, 0.15) is 0 Å². The van der Waals surface area contributed by atoms with Crippen LogP contribution in [0.4, 0.5) is 0 Å². The van der Waals surface area contributed by atoms with E-state index in [4.69, 9.17) is 0 Å². The highest BCUT2D eigenvalue weighted by Gasteiger charge is 1.93. The van der Waals surface area contributed by atoms with E-state index in [9.17, 15) is 4.79 Å². The van der Waals surface area contributed by atoms with Crippen molar-refractivity contribution in [3.8, 4) is 0 Å². The summed E-state index contributed by atoms with van der Waals surface area (Å²) in [7, 11) is 0. The first-order valence-corrected chi connectivity index (χ1v) is 3.69. The summed E-state index contributed by atoms with van der Waals surface area (Å²) in [5, 5.41) is 5.86. The van der Waals surface area contributed by atoms with E-state index >= 15 is 0 Å². The van der Waals surface area contributed by atoms with E-state index in [1.807, 2.05) is 0 Å². The molecule has 0 aliphatic rings. The Balaban J connectivity index is 3.34. The Morgan fingerprint density at radius 1 is 1.56 bits per heavy atom. The summed E-state index contributed by atoms with van der Waals surface area (Å²) in [4.78, 5) is 10.6. The van der Waals surface area contributed by atoms with E-state index in [0.29, 0.717) is 9.08 Å². The first kappa shape index (κ1) is 6.95. The lowest BCUT2D eigenvalue weighted by molar-refractivity contribution is 0.956. The van der Waals surface area contributed by atoms with Crippen LogP contribution in [-0.2, 0) is 0 Å². The minimum Gasteiger partial charge on any atom is -0.267 e. The molecule has 1 aromatic rings. The van der Waals surface area contributed by atoms with E-state index in [2.05, 4.69) is 42.1 Å². The van der Waals surface area contributed by atoms with Crippen molar-refractivity contribution in [3.05, 3.63) is 25.5 Å². The molecule has 1 aromatic heterocycles. The van der Waals surface area contributed by atoms with Crippen LogP contribution in [0.2, 0.25) is 0 Å². The molecule has 0 aliphatic heterocycles. The first-order chi connectivity index (χ1) is 4.20. The van der Waals surface area contributed by atoms with E-state index in [0.717, 1.165) is 0 Å². The highest BCUT2D eigenvalue weighted by Crippen LogP contribution is 2.07. The number of nitrogens with one attached hydrogen (secondary N) is 1. The fourth-order valence-corrected chi connectivity index (χ4v) is 1.29. The smallest absolute Gasteiger partial charge is 0.267 e. The Bertz CT molecular complexity index is 270. The Labute approximate surface area is 67.7 Å². The van der Waals surface area contributed by atoms with Crippen molar-refractivity contribution >= 4 is 31.9 Å². The molecule has 0 unspecified atom stereocenters.